The maximum atomic E-state index is 10.9. The van der Waals surface area contributed by atoms with Gasteiger partial charge in [-0.15, -0.1) is 0 Å². The lowest BCUT2D eigenvalue weighted by Gasteiger charge is -2.03. The van der Waals surface area contributed by atoms with Crippen molar-refractivity contribution in [2.45, 2.75) is 38.5 Å². The third-order valence-electron chi connectivity index (χ3n) is 1.85. The molecule has 0 fully saturated rings. The van der Waals surface area contributed by atoms with Crippen LogP contribution in [0, 0.1) is 0 Å². The predicted molar refractivity (Wildman–Crippen MR) is 52.8 cm³/mol. The number of esters is 1. The number of aliphatic hydroxyl groups excluding tert-OH is 2. The molecule has 0 aromatic rings. The molecule has 0 saturated carbocycles. The molecule has 0 radical (unpaired) electrons. The first-order valence-electron chi connectivity index (χ1n) is 5.18. The van der Waals surface area contributed by atoms with Gasteiger partial charge in [0.1, 0.15) is 0 Å². The van der Waals surface area contributed by atoms with E-state index in [9.17, 15) is 4.79 Å². The van der Waals surface area contributed by atoms with Gasteiger partial charge in [-0.1, -0.05) is 6.42 Å². The Bertz CT molecular complexity index is 136. The van der Waals surface area contributed by atoms with Gasteiger partial charge in [-0.25, -0.2) is 0 Å². The van der Waals surface area contributed by atoms with Gasteiger partial charge < -0.3 is 14.9 Å². The van der Waals surface area contributed by atoms with Crippen molar-refractivity contribution in [1.29, 1.82) is 0 Å². The van der Waals surface area contributed by atoms with Crippen LogP contribution in [0.25, 0.3) is 0 Å². The number of carbonyl (C=O) groups excluding carboxylic acids is 1. The van der Waals surface area contributed by atoms with Crippen LogP contribution in [0.15, 0.2) is 0 Å². The highest BCUT2D eigenvalue weighted by Gasteiger charge is 2.00. The van der Waals surface area contributed by atoms with Gasteiger partial charge in [0.25, 0.3) is 0 Å². The summed E-state index contributed by atoms with van der Waals surface area (Å²) in [6.45, 7) is 0.720. The molecule has 0 aliphatic heterocycles. The van der Waals surface area contributed by atoms with Crippen molar-refractivity contribution in [1.82, 2.24) is 0 Å². The van der Waals surface area contributed by atoms with Gasteiger partial charge in [-0.3, -0.25) is 4.79 Å². The summed E-state index contributed by atoms with van der Waals surface area (Å²) in [5.74, 6) is -0.235. The third-order valence-corrected chi connectivity index (χ3v) is 1.85. The molecular weight excluding hydrogens is 184 g/mol. The zero-order valence-electron chi connectivity index (χ0n) is 8.57. The van der Waals surface area contributed by atoms with Crippen LogP contribution < -0.4 is 0 Å². The standard InChI is InChI=1S/C10H20O4/c11-7-3-1-2-4-9-14-10(13)6-5-8-12/h11-12H,1-9H2. The quantitative estimate of drug-likeness (QED) is 0.431. The molecule has 84 valence electrons. The summed E-state index contributed by atoms with van der Waals surface area (Å²) >= 11 is 0. The molecule has 0 amide bonds. The Balaban J connectivity index is 3.07. The fourth-order valence-corrected chi connectivity index (χ4v) is 1.05. The smallest absolute Gasteiger partial charge is 0.305 e. The first kappa shape index (κ1) is 13.4. The van der Waals surface area contributed by atoms with Gasteiger partial charge in [-0.2, -0.15) is 0 Å². The summed E-state index contributed by atoms with van der Waals surface area (Å²) < 4.78 is 4.91. The lowest BCUT2D eigenvalue weighted by Crippen LogP contribution is -2.06. The van der Waals surface area contributed by atoms with Gasteiger partial charge in [0.15, 0.2) is 0 Å². The second kappa shape index (κ2) is 10.5. The fourth-order valence-electron chi connectivity index (χ4n) is 1.05. The van der Waals surface area contributed by atoms with Gasteiger partial charge in [0, 0.05) is 19.6 Å². The van der Waals surface area contributed by atoms with E-state index in [0.29, 0.717) is 19.4 Å². The van der Waals surface area contributed by atoms with Crippen LogP contribution in [0.2, 0.25) is 0 Å². The summed E-state index contributed by atoms with van der Waals surface area (Å²) in [4.78, 5) is 10.9. The summed E-state index contributed by atoms with van der Waals surface area (Å²) in [5, 5.41) is 17.0. The number of rotatable bonds is 9. The van der Waals surface area contributed by atoms with Crippen molar-refractivity contribution in [3.8, 4) is 0 Å². The minimum atomic E-state index is -0.235. The summed E-state index contributed by atoms with van der Waals surface area (Å²) in [7, 11) is 0. The molecule has 0 rings (SSSR count). The first-order chi connectivity index (χ1) is 6.81. The summed E-state index contributed by atoms with van der Waals surface area (Å²) in [6, 6.07) is 0. The van der Waals surface area contributed by atoms with Gasteiger partial charge in [0.2, 0.25) is 0 Å². The molecule has 0 aliphatic carbocycles. The minimum absolute atomic E-state index is 0.0333. The van der Waals surface area contributed by atoms with E-state index in [1.165, 1.54) is 0 Å². The molecule has 0 aromatic heterocycles. The van der Waals surface area contributed by atoms with E-state index in [2.05, 4.69) is 0 Å². The van der Waals surface area contributed by atoms with Gasteiger partial charge >= 0.3 is 5.97 Å². The number of hydrogen-bond acceptors (Lipinski definition) is 4. The van der Waals surface area contributed by atoms with E-state index >= 15 is 0 Å². The topological polar surface area (TPSA) is 66.8 Å². The SMILES string of the molecule is O=C(CCCO)OCCCCCCO. The maximum absolute atomic E-state index is 10.9. The molecule has 0 aliphatic rings. The van der Waals surface area contributed by atoms with E-state index in [1.807, 2.05) is 0 Å². The summed E-state index contributed by atoms with van der Waals surface area (Å²) in [6.07, 6.45) is 4.40. The second-order valence-corrected chi connectivity index (χ2v) is 3.19. The highest BCUT2D eigenvalue weighted by Crippen LogP contribution is 2.00. The molecular formula is C10H20O4. The molecule has 2 N–H and O–H groups in total. The van der Waals surface area contributed by atoms with Crippen LogP contribution in [0.1, 0.15) is 38.5 Å². The van der Waals surface area contributed by atoms with Crippen LogP contribution in [0.3, 0.4) is 0 Å². The van der Waals surface area contributed by atoms with E-state index in [-0.39, 0.29) is 19.2 Å². The van der Waals surface area contributed by atoms with Gasteiger partial charge in [-0.05, 0) is 25.7 Å². The molecule has 0 bridgehead atoms. The number of carbonyl (C=O) groups is 1. The lowest BCUT2D eigenvalue weighted by molar-refractivity contribution is -0.144. The van der Waals surface area contributed by atoms with E-state index in [1.54, 1.807) is 0 Å². The number of hydrogen-bond donors (Lipinski definition) is 2. The van der Waals surface area contributed by atoms with Crippen molar-refractivity contribution in [3.05, 3.63) is 0 Å². The average molecular weight is 204 g/mol. The van der Waals surface area contributed by atoms with Crippen molar-refractivity contribution in [3.63, 3.8) is 0 Å². The van der Waals surface area contributed by atoms with Crippen LogP contribution in [-0.4, -0.2) is 36.0 Å². The Labute approximate surface area is 84.9 Å². The van der Waals surface area contributed by atoms with Crippen LogP contribution in [0.4, 0.5) is 0 Å². The Morgan fingerprint density at radius 3 is 2.21 bits per heavy atom. The summed E-state index contributed by atoms with van der Waals surface area (Å²) in [5.41, 5.74) is 0. The maximum Gasteiger partial charge on any atom is 0.305 e. The number of aliphatic hydroxyl groups is 2. The average Bonchev–Trinajstić information content (AvgIpc) is 2.20. The number of unbranched alkanes of at least 4 members (excludes halogenated alkanes) is 3. The Morgan fingerprint density at radius 2 is 1.57 bits per heavy atom. The van der Waals surface area contributed by atoms with Crippen molar-refractivity contribution < 1.29 is 19.7 Å². The molecule has 0 spiro atoms. The highest BCUT2D eigenvalue weighted by molar-refractivity contribution is 5.69. The van der Waals surface area contributed by atoms with Crippen LogP contribution in [0.5, 0.6) is 0 Å². The Kier molecular flexibility index (Phi) is 10.0. The highest BCUT2D eigenvalue weighted by atomic mass is 16.5. The minimum Gasteiger partial charge on any atom is -0.466 e. The molecule has 4 heteroatoms. The van der Waals surface area contributed by atoms with E-state index in [0.717, 1.165) is 25.7 Å². The molecule has 0 aromatic carbocycles. The van der Waals surface area contributed by atoms with Crippen molar-refractivity contribution in [2.24, 2.45) is 0 Å². The molecule has 0 atom stereocenters. The second-order valence-electron chi connectivity index (χ2n) is 3.19. The monoisotopic (exact) mass is 204 g/mol. The van der Waals surface area contributed by atoms with Crippen molar-refractivity contribution in [2.75, 3.05) is 19.8 Å². The van der Waals surface area contributed by atoms with Crippen molar-refractivity contribution >= 4 is 5.97 Å². The fraction of sp³-hybridized carbons (Fsp3) is 0.900. The van der Waals surface area contributed by atoms with E-state index in [4.69, 9.17) is 14.9 Å². The molecule has 0 heterocycles. The first-order valence-corrected chi connectivity index (χ1v) is 5.18. The normalized spacial score (nSPS) is 10.1. The van der Waals surface area contributed by atoms with Gasteiger partial charge in [0.05, 0.1) is 6.61 Å². The lowest BCUT2D eigenvalue weighted by atomic mass is 10.2. The molecule has 4 nitrogen and oxygen atoms in total. The predicted octanol–water partition coefficient (Wildman–Crippen LogP) is 0.855. The zero-order chi connectivity index (χ0) is 10.6. The van der Waals surface area contributed by atoms with E-state index < -0.39 is 0 Å². The molecule has 14 heavy (non-hydrogen) atoms. The largest absolute Gasteiger partial charge is 0.466 e. The number of ether oxygens (including phenoxy) is 1. The van der Waals surface area contributed by atoms with Crippen LogP contribution >= 0.6 is 0 Å². The Morgan fingerprint density at radius 1 is 0.929 bits per heavy atom. The zero-order valence-corrected chi connectivity index (χ0v) is 8.57. The molecule has 0 unspecified atom stereocenters. The molecule has 0 saturated heterocycles. The Hall–Kier alpha value is -0.610. The van der Waals surface area contributed by atoms with Crippen LogP contribution in [-0.2, 0) is 9.53 Å². The third kappa shape index (κ3) is 9.48.